The number of pyridine rings is 1. The minimum absolute atomic E-state index is 0.0801. The van der Waals surface area contributed by atoms with E-state index in [0.29, 0.717) is 16.8 Å². The van der Waals surface area contributed by atoms with Crippen LogP contribution < -0.4 is 14.8 Å². The van der Waals surface area contributed by atoms with Gasteiger partial charge in [0, 0.05) is 29.1 Å². The number of hydrogen-bond donors (Lipinski definition) is 2. The number of carbonyl (C=O) groups excluding carboxylic acids is 1. The number of nitrogens with zero attached hydrogens (tertiary/aromatic N) is 3. The SMILES string of the molecule is Cc1cccc(C)c1-c1nc2nc(c1-c1cccnc1)O[C@H](C)CNC(=O)c1cccc(c1)S(=O)(=O)N2. The standard InChI is InChI=1S/C27H25N5O4S/c1-16-7-4-8-17(2)22(16)24-23(20-10-6-12-28-15-20)26-31-27(30-24)32-37(34,35)21-11-5-9-19(13-21)25(33)29-14-18(3)36-26/h4-13,15,18H,14H2,1-3H3,(H,29,33)(H,30,31,32)/t18-/m1/s1. The second-order valence-corrected chi connectivity index (χ2v) is 10.5. The van der Waals surface area contributed by atoms with Gasteiger partial charge in [-0.1, -0.05) is 30.3 Å². The van der Waals surface area contributed by atoms with Gasteiger partial charge in [-0.25, -0.2) is 18.1 Å². The van der Waals surface area contributed by atoms with Crippen molar-refractivity contribution >= 4 is 21.9 Å². The average molecular weight is 516 g/mol. The first kappa shape index (κ1) is 24.4. The Balaban J connectivity index is 1.80. The number of hydrogen-bond acceptors (Lipinski definition) is 7. The molecule has 0 aliphatic carbocycles. The lowest BCUT2D eigenvalue weighted by molar-refractivity contribution is 0.0931. The molecule has 1 atom stereocenters. The quantitative estimate of drug-likeness (QED) is 0.411. The highest BCUT2D eigenvalue weighted by Crippen LogP contribution is 2.40. The lowest BCUT2D eigenvalue weighted by atomic mass is 9.94. The fourth-order valence-corrected chi connectivity index (χ4v) is 5.25. The zero-order valence-corrected chi connectivity index (χ0v) is 21.3. The van der Waals surface area contributed by atoms with Gasteiger partial charge in [-0.3, -0.25) is 9.78 Å². The van der Waals surface area contributed by atoms with Crippen LogP contribution in [0.5, 0.6) is 5.88 Å². The highest BCUT2D eigenvalue weighted by atomic mass is 32.2. The molecule has 5 rings (SSSR count). The molecule has 10 heteroatoms. The zero-order chi connectivity index (χ0) is 26.2. The minimum Gasteiger partial charge on any atom is -0.472 e. The number of rotatable bonds is 2. The maximum absolute atomic E-state index is 13.3. The average Bonchev–Trinajstić information content (AvgIpc) is 2.87. The number of nitrogens with one attached hydrogen (secondary N) is 2. The van der Waals surface area contributed by atoms with Crippen LogP contribution in [0.25, 0.3) is 22.4 Å². The first-order valence-corrected chi connectivity index (χ1v) is 13.2. The molecule has 37 heavy (non-hydrogen) atoms. The van der Waals surface area contributed by atoms with Gasteiger partial charge in [0.05, 0.1) is 22.7 Å². The van der Waals surface area contributed by atoms with Crippen LogP contribution in [0.2, 0.25) is 0 Å². The number of fused-ring (bicyclic) bond motifs is 4. The van der Waals surface area contributed by atoms with Crippen LogP contribution in [0.15, 0.2) is 71.9 Å². The van der Waals surface area contributed by atoms with E-state index in [9.17, 15) is 13.2 Å². The van der Waals surface area contributed by atoms with E-state index in [4.69, 9.17) is 9.72 Å². The van der Waals surface area contributed by atoms with E-state index in [2.05, 4.69) is 20.0 Å². The molecule has 1 aliphatic rings. The summed E-state index contributed by atoms with van der Waals surface area (Å²) in [5, 5.41) is 2.80. The molecule has 188 valence electrons. The highest BCUT2D eigenvalue weighted by molar-refractivity contribution is 7.92. The summed E-state index contributed by atoms with van der Waals surface area (Å²) in [7, 11) is -4.12. The molecule has 0 unspecified atom stereocenters. The van der Waals surface area contributed by atoms with Crippen molar-refractivity contribution in [1.82, 2.24) is 20.3 Å². The molecule has 0 saturated heterocycles. The second kappa shape index (κ2) is 9.62. The van der Waals surface area contributed by atoms with Crippen LogP contribution >= 0.6 is 0 Å². The van der Waals surface area contributed by atoms with Gasteiger partial charge in [-0.2, -0.15) is 4.98 Å². The number of ether oxygens (including phenoxy) is 1. The lowest BCUT2D eigenvalue weighted by Gasteiger charge is -2.21. The Morgan fingerprint density at radius 3 is 2.41 bits per heavy atom. The van der Waals surface area contributed by atoms with E-state index >= 15 is 0 Å². The Bertz CT molecular complexity index is 1590. The minimum atomic E-state index is -4.12. The van der Waals surface area contributed by atoms with E-state index in [1.165, 1.54) is 18.2 Å². The second-order valence-electron chi connectivity index (χ2n) is 8.86. The van der Waals surface area contributed by atoms with Gasteiger partial charge in [0.2, 0.25) is 11.8 Å². The third kappa shape index (κ3) is 4.88. The topological polar surface area (TPSA) is 123 Å². The lowest BCUT2D eigenvalue weighted by Crippen LogP contribution is -2.33. The molecule has 4 bridgehead atoms. The summed E-state index contributed by atoms with van der Waals surface area (Å²) in [5.41, 5.74) is 4.74. The molecule has 3 heterocycles. The van der Waals surface area contributed by atoms with Crippen LogP contribution in [0.3, 0.4) is 0 Å². The number of aryl methyl sites for hydroxylation is 2. The molecule has 2 N–H and O–H groups in total. The Labute approximate surface area is 215 Å². The van der Waals surface area contributed by atoms with Crippen LogP contribution in [0, 0.1) is 13.8 Å². The molecule has 1 aliphatic heterocycles. The third-order valence-electron chi connectivity index (χ3n) is 6.04. The summed E-state index contributed by atoms with van der Waals surface area (Å²) in [6.07, 6.45) is 2.85. The van der Waals surface area contributed by atoms with E-state index in [1.807, 2.05) is 38.1 Å². The zero-order valence-electron chi connectivity index (χ0n) is 20.5. The van der Waals surface area contributed by atoms with Crippen molar-refractivity contribution in [3.05, 3.63) is 83.7 Å². The Hall–Kier alpha value is -4.31. The highest BCUT2D eigenvalue weighted by Gasteiger charge is 2.26. The summed E-state index contributed by atoms with van der Waals surface area (Å²) >= 11 is 0. The third-order valence-corrected chi connectivity index (χ3v) is 7.36. The number of amides is 1. The molecular formula is C27H25N5O4S. The molecule has 0 spiro atoms. The summed E-state index contributed by atoms with van der Waals surface area (Å²) in [5.74, 6) is -0.379. The number of carbonyl (C=O) groups is 1. The Morgan fingerprint density at radius 2 is 1.68 bits per heavy atom. The molecule has 0 radical (unpaired) electrons. The van der Waals surface area contributed by atoms with Crippen molar-refractivity contribution in [3.8, 4) is 28.3 Å². The van der Waals surface area contributed by atoms with E-state index in [0.717, 1.165) is 16.7 Å². The van der Waals surface area contributed by atoms with Crippen LogP contribution in [0.4, 0.5) is 5.95 Å². The molecular weight excluding hydrogens is 490 g/mol. The van der Waals surface area contributed by atoms with Gasteiger partial charge in [0.15, 0.2) is 0 Å². The smallest absolute Gasteiger partial charge is 0.264 e. The maximum Gasteiger partial charge on any atom is 0.264 e. The summed E-state index contributed by atoms with van der Waals surface area (Å²) in [4.78, 5) is 26.1. The van der Waals surface area contributed by atoms with Gasteiger partial charge in [-0.05, 0) is 56.2 Å². The fraction of sp³-hybridized carbons (Fsp3) is 0.185. The van der Waals surface area contributed by atoms with Crippen molar-refractivity contribution in [1.29, 1.82) is 0 Å². The normalized spacial score (nSPS) is 16.7. The van der Waals surface area contributed by atoms with Gasteiger partial charge in [0.25, 0.3) is 15.9 Å². The van der Waals surface area contributed by atoms with Crippen molar-refractivity contribution < 1.29 is 17.9 Å². The van der Waals surface area contributed by atoms with Gasteiger partial charge < -0.3 is 10.1 Å². The summed E-state index contributed by atoms with van der Waals surface area (Å²) in [6.45, 7) is 5.91. The number of anilines is 1. The van der Waals surface area contributed by atoms with E-state index in [-0.39, 0.29) is 28.8 Å². The monoisotopic (exact) mass is 515 g/mol. The van der Waals surface area contributed by atoms with Crippen LogP contribution in [0.1, 0.15) is 28.4 Å². The van der Waals surface area contributed by atoms with Gasteiger partial charge >= 0.3 is 0 Å². The predicted octanol–water partition coefficient (Wildman–Crippen LogP) is 4.13. The Morgan fingerprint density at radius 1 is 0.946 bits per heavy atom. The summed E-state index contributed by atoms with van der Waals surface area (Å²) < 4.78 is 35.3. The largest absolute Gasteiger partial charge is 0.472 e. The molecule has 2 aromatic carbocycles. The van der Waals surface area contributed by atoms with Crippen LogP contribution in [-0.2, 0) is 10.0 Å². The molecule has 9 nitrogen and oxygen atoms in total. The molecule has 2 aromatic heterocycles. The maximum atomic E-state index is 13.3. The number of benzene rings is 2. The predicted molar refractivity (Wildman–Crippen MR) is 140 cm³/mol. The molecule has 0 fully saturated rings. The molecule has 0 saturated carbocycles. The van der Waals surface area contributed by atoms with Crippen molar-refractivity contribution in [2.45, 2.75) is 31.8 Å². The molecule has 4 aromatic rings. The number of sulfonamides is 1. The van der Waals surface area contributed by atoms with E-state index < -0.39 is 22.0 Å². The van der Waals surface area contributed by atoms with Gasteiger partial charge in [-0.15, -0.1) is 0 Å². The van der Waals surface area contributed by atoms with Crippen molar-refractivity contribution in [2.75, 3.05) is 11.3 Å². The molecule has 1 amide bonds. The van der Waals surface area contributed by atoms with Crippen molar-refractivity contribution in [2.24, 2.45) is 0 Å². The summed E-state index contributed by atoms with van der Waals surface area (Å²) in [6, 6.07) is 15.3. The first-order chi connectivity index (χ1) is 17.7. The first-order valence-electron chi connectivity index (χ1n) is 11.7. The van der Waals surface area contributed by atoms with Crippen molar-refractivity contribution in [3.63, 3.8) is 0 Å². The van der Waals surface area contributed by atoms with Crippen LogP contribution in [-0.4, -0.2) is 41.9 Å². The number of aromatic nitrogens is 3. The fourth-order valence-electron chi connectivity index (χ4n) is 4.27. The van der Waals surface area contributed by atoms with Gasteiger partial charge in [0.1, 0.15) is 6.10 Å². The Kier molecular flexibility index (Phi) is 6.34. The van der Waals surface area contributed by atoms with E-state index in [1.54, 1.807) is 31.5 Å².